The Balaban J connectivity index is 1.18. The third kappa shape index (κ3) is 3.60. The Labute approximate surface area is 252 Å². The molecule has 0 amide bonds. The van der Waals surface area contributed by atoms with Crippen molar-refractivity contribution in [2.45, 2.75) is 73.5 Å². The molecular weight excluding hydrogens is 532 g/mol. The molecule has 42 heavy (non-hydrogen) atoms. The summed E-state index contributed by atoms with van der Waals surface area (Å²) in [5.74, 6) is 2.50. The topological polar surface area (TPSA) is 42.4 Å². The van der Waals surface area contributed by atoms with E-state index in [0.29, 0.717) is 23.1 Å². The van der Waals surface area contributed by atoms with Crippen LogP contribution in [0.3, 0.4) is 0 Å². The van der Waals surface area contributed by atoms with Crippen molar-refractivity contribution >= 4 is 40.1 Å². The largest absolute Gasteiger partial charge is 0.460 e. The van der Waals surface area contributed by atoms with Gasteiger partial charge in [0.05, 0.1) is 11.7 Å². The molecular formula is C38H36N2OS. The van der Waals surface area contributed by atoms with Crippen LogP contribution in [0.15, 0.2) is 99.6 Å². The van der Waals surface area contributed by atoms with Gasteiger partial charge in [0.15, 0.2) is 0 Å². The molecule has 2 aliphatic heterocycles. The fraction of sp³-hybridized carbons (Fsp3) is 0.316. The van der Waals surface area contributed by atoms with E-state index in [0.717, 1.165) is 49.1 Å². The van der Waals surface area contributed by atoms with Crippen LogP contribution in [-0.2, 0) is 6.42 Å². The van der Waals surface area contributed by atoms with Gasteiger partial charge in [-0.3, -0.25) is 0 Å². The van der Waals surface area contributed by atoms with Gasteiger partial charge in [-0.1, -0.05) is 73.7 Å². The van der Waals surface area contributed by atoms with E-state index in [9.17, 15) is 0 Å². The highest BCUT2D eigenvalue weighted by Crippen LogP contribution is 2.59. The van der Waals surface area contributed by atoms with Gasteiger partial charge >= 0.3 is 0 Å². The van der Waals surface area contributed by atoms with Gasteiger partial charge in [-0.2, -0.15) is 0 Å². The summed E-state index contributed by atoms with van der Waals surface area (Å²) in [6.07, 6.45) is 26.8. The Morgan fingerprint density at radius 2 is 2.00 bits per heavy atom. The lowest BCUT2D eigenvalue weighted by Crippen LogP contribution is -2.37. The van der Waals surface area contributed by atoms with Crippen LogP contribution in [0.1, 0.15) is 78.9 Å². The number of nitrogens with two attached hydrogens (primary N) is 1. The van der Waals surface area contributed by atoms with Crippen molar-refractivity contribution in [1.29, 1.82) is 0 Å². The minimum atomic E-state index is 0.256. The number of furan rings is 1. The van der Waals surface area contributed by atoms with E-state index in [-0.39, 0.29) is 5.92 Å². The van der Waals surface area contributed by atoms with Crippen molar-refractivity contribution in [3.05, 3.63) is 118 Å². The molecule has 3 heterocycles. The summed E-state index contributed by atoms with van der Waals surface area (Å²) >= 11 is 2.14. The molecule has 0 fully saturated rings. The second-order valence-electron chi connectivity index (χ2n) is 12.9. The molecule has 9 rings (SSSR count). The van der Waals surface area contributed by atoms with Crippen LogP contribution in [0.5, 0.6) is 0 Å². The molecule has 3 nitrogen and oxygen atoms in total. The number of fused-ring (bicyclic) bond motifs is 10. The summed E-state index contributed by atoms with van der Waals surface area (Å²) < 4.78 is 6.30. The van der Waals surface area contributed by atoms with Gasteiger partial charge < -0.3 is 15.1 Å². The van der Waals surface area contributed by atoms with E-state index in [1.807, 2.05) is 0 Å². The smallest absolute Gasteiger partial charge is 0.134 e. The summed E-state index contributed by atoms with van der Waals surface area (Å²) in [5.41, 5.74) is 18.8. The summed E-state index contributed by atoms with van der Waals surface area (Å²) in [5, 5.41) is 1.86. The van der Waals surface area contributed by atoms with Crippen LogP contribution in [0.2, 0.25) is 0 Å². The predicted molar refractivity (Wildman–Crippen MR) is 176 cm³/mol. The standard InChI is InChI=1S/C38H36N2OS/c1-22-14-16-26-27-17-18-32-36(38(27)42-35(26)20-22)28-9-5-6-12-31(28)40(32)37-24(10-7-11-30(37)39)23-15-19-34-29(21-23)25-8-3-2-4-13-33(25)41-34/h2-6,8-9,14-19,21-22,24,26,31,35H,7,10-13,20,39H2,1H3/t22?,24?,26?,31-,35?/m0/s1. The first kappa shape index (κ1) is 24.9. The lowest BCUT2D eigenvalue weighted by atomic mass is 9.82. The molecule has 2 N–H and O–H groups in total. The highest BCUT2D eigenvalue weighted by Gasteiger charge is 2.45. The number of hydrogen-bond acceptors (Lipinski definition) is 4. The van der Waals surface area contributed by atoms with Gasteiger partial charge in [0.25, 0.3) is 0 Å². The lowest BCUT2D eigenvalue weighted by Gasteiger charge is -2.38. The van der Waals surface area contributed by atoms with Crippen molar-refractivity contribution in [3.63, 3.8) is 0 Å². The molecule has 1 aromatic heterocycles. The summed E-state index contributed by atoms with van der Waals surface area (Å²) in [6, 6.07) is 12.0. The zero-order chi connectivity index (χ0) is 27.9. The highest BCUT2D eigenvalue weighted by molar-refractivity contribution is 8.00. The lowest BCUT2D eigenvalue weighted by molar-refractivity contribution is 0.561. The van der Waals surface area contributed by atoms with Crippen LogP contribution in [0.25, 0.3) is 22.6 Å². The average Bonchev–Trinajstić information content (AvgIpc) is 3.59. The van der Waals surface area contributed by atoms with Crippen molar-refractivity contribution < 1.29 is 4.42 Å². The van der Waals surface area contributed by atoms with E-state index in [1.54, 1.807) is 0 Å². The Bertz CT molecular complexity index is 1830. The van der Waals surface area contributed by atoms with Crippen molar-refractivity contribution in [2.24, 2.45) is 11.7 Å². The number of nitrogens with zero attached hydrogens (tertiary/aromatic N) is 1. The van der Waals surface area contributed by atoms with Gasteiger partial charge in [-0.15, -0.1) is 11.8 Å². The van der Waals surface area contributed by atoms with Gasteiger partial charge in [-0.25, -0.2) is 0 Å². The maximum absolute atomic E-state index is 7.06. The van der Waals surface area contributed by atoms with Crippen LogP contribution in [0.4, 0.5) is 5.69 Å². The maximum atomic E-state index is 7.06. The summed E-state index contributed by atoms with van der Waals surface area (Å²) in [6.45, 7) is 2.36. The third-order valence-electron chi connectivity index (χ3n) is 10.3. The van der Waals surface area contributed by atoms with Gasteiger partial charge in [-0.05, 0) is 72.9 Å². The molecule has 4 unspecified atom stereocenters. The van der Waals surface area contributed by atoms with Gasteiger partial charge in [0, 0.05) is 56.3 Å². The molecule has 0 spiro atoms. The van der Waals surface area contributed by atoms with Crippen molar-refractivity contribution in [3.8, 4) is 0 Å². The van der Waals surface area contributed by atoms with Crippen molar-refractivity contribution in [2.75, 3.05) is 4.90 Å². The first-order chi connectivity index (χ1) is 20.7. The molecule has 0 saturated heterocycles. The molecule has 0 radical (unpaired) electrons. The minimum Gasteiger partial charge on any atom is -0.460 e. The Morgan fingerprint density at radius 3 is 2.95 bits per heavy atom. The number of thioether (sulfide) groups is 1. The van der Waals surface area contributed by atoms with Crippen LogP contribution >= 0.6 is 11.8 Å². The SMILES string of the molecule is CC1C=CC2c3ccc4c(c3SC2C1)C1=CC=CC[C@@H]1N4C1=C(N)CCCC1c1ccc2oc3c(c2c1)C=CC=CC3. The summed E-state index contributed by atoms with van der Waals surface area (Å²) in [7, 11) is 0. The molecule has 210 valence electrons. The Hall–Kier alpha value is -3.63. The van der Waals surface area contributed by atoms with Gasteiger partial charge in [0.1, 0.15) is 11.3 Å². The molecule has 0 bridgehead atoms. The average molecular weight is 569 g/mol. The predicted octanol–water partition coefficient (Wildman–Crippen LogP) is 9.38. The van der Waals surface area contributed by atoms with Crippen molar-refractivity contribution in [1.82, 2.24) is 0 Å². The number of allylic oxidation sites excluding steroid dienone is 9. The van der Waals surface area contributed by atoms with Crippen LogP contribution in [-0.4, -0.2) is 11.3 Å². The zero-order valence-corrected chi connectivity index (χ0v) is 24.9. The Kier molecular flexibility index (Phi) is 5.60. The molecule has 4 aliphatic carbocycles. The molecule has 3 aromatic rings. The van der Waals surface area contributed by atoms with Crippen LogP contribution in [0, 0.1) is 5.92 Å². The maximum Gasteiger partial charge on any atom is 0.134 e. The second-order valence-corrected chi connectivity index (χ2v) is 14.1. The molecule has 2 aromatic carbocycles. The van der Waals surface area contributed by atoms with Gasteiger partial charge in [0.2, 0.25) is 0 Å². The van der Waals surface area contributed by atoms with E-state index < -0.39 is 0 Å². The Morgan fingerprint density at radius 1 is 1.05 bits per heavy atom. The normalized spacial score (nSPS) is 28.8. The minimum absolute atomic E-state index is 0.256. The quantitative estimate of drug-likeness (QED) is 0.313. The molecule has 4 heteroatoms. The summed E-state index contributed by atoms with van der Waals surface area (Å²) in [4.78, 5) is 4.18. The van der Waals surface area contributed by atoms with E-state index in [4.69, 9.17) is 10.2 Å². The van der Waals surface area contributed by atoms with E-state index in [1.165, 1.54) is 55.9 Å². The number of rotatable bonds is 2. The number of hydrogen-bond donors (Lipinski definition) is 1. The monoisotopic (exact) mass is 568 g/mol. The van der Waals surface area contributed by atoms with Crippen LogP contribution < -0.4 is 10.6 Å². The van der Waals surface area contributed by atoms with E-state index >= 15 is 0 Å². The second kappa shape index (κ2) is 9.44. The zero-order valence-electron chi connectivity index (χ0n) is 24.1. The molecule has 5 atom stereocenters. The number of anilines is 1. The highest BCUT2D eigenvalue weighted by atomic mass is 32.2. The fourth-order valence-corrected chi connectivity index (χ4v) is 10.2. The number of benzene rings is 2. The molecule has 6 aliphatic rings. The first-order valence-electron chi connectivity index (χ1n) is 15.7. The van der Waals surface area contributed by atoms with E-state index in [2.05, 4.69) is 109 Å². The third-order valence-corrected chi connectivity index (χ3v) is 11.8. The molecule has 0 saturated carbocycles. The fourth-order valence-electron chi connectivity index (χ4n) is 8.41. The first-order valence-corrected chi connectivity index (χ1v) is 16.6.